The fourth-order valence-electron chi connectivity index (χ4n) is 14.9. The standard InChI is InChI=1S/C27H22BrClF6N2O.C27H33FN2OSi.C21H19FN2.C19H17FN2O/c1-38-24-10-8-19(28)13-16(24)6-9-20-21(3-2-4-23(20)29)25-36-11-12-37(25)15-17-5-7-18(26(30,31)32)14-22(17)27(33,34)35;1-27(2,3)32(4,5)31-25-16-13-19-9-6-7-10-20(19)22(25)15-14-21-23(11-8-12-24(21)28)26-29-17-18-30-26;22-20-10-4-9-19(21-23-13-14-24-21)18(20)12-11-16-7-3-6-15-5-1-2-8-17(15)16;20-17-6-2-5-16(19-21-10-11-22-19)15(17)8-7-13-3-1-4-14-9-12-23-18(13)14/h2-5,7-8,10,13-14H,6,9,11-12,15H2,1H3;6-13,16H,14-15,17-18H2,1-5H3,(H,29,30);1-10H,11-14H2,(H,23,24);1-6,9,12H,7-8,10-11H2,(H,21,22). The molecule has 4 aliphatic heterocycles. The Bertz CT molecular complexity index is 5700. The molecule has 0 spiro atoms. The van der Waals surface area contributed by atoms with E-state index in [0.717, 1.165) is 141 Å². The second-order valence-corrected chi connectivity index (χ2v) is 36.6. The normalized spacial score (nSPS) is 14.1. The lowest BCUT2D eigenvalue weighted by Gasteiger charge is -2.37. The van der Waals surface area contributed by atoms with Gasteiger partial charge in [-0.2, -0.15) is 26.3 Å². The van der Waals surface area contributed by atoms with Gasteiger partial charge in [-0.1, -0.05) is 194 Å². The molecule has 0 fully saturated rings. The molecule has 12 aromatic rings. The van der Waals surface area contributed by atoms with Crippen LogP contribution in [0.2, 0.25) is 23.2 Å². The van der Waals surface area contributed by atoms with Crippen molar-refractivity contribution in [3.63, 3.8) is 0 Å². The molecular formula is C94H91BrClF9N8O3Si. The van der Waals surface area contributed by atoms with Gasteiger partial charge < -0.3 is 34.4 Å². The van der Waals surface area contributed by atoms with Crippen LogP contribution in [0.4, 0.5) is 39.5 Å². The van der Waals surface area contributed by atoms with Crippen molar-refractivity contribution in [3.05, 3.63) is 329 Å². The maximum atomic E-state index is 14.9. The van der Waals surface area contributed by atoms with E-state index in [1.807, 2.05) is 66.7 Å². The summed E-state index contributed by atoms with van der Waals surface area (Å²) in [5, 5.41) is 16.3. The second kappa shape index (κ2) is 37.3. The number of nitrogens with zero attached hydrogens (tertiary/aromatic N) is 5. The van der Waals surface area contributed by atoms with E-state index in [-0.39, 0.29) is 40.7 Å². The molecule has 117 heavy (non-hydrogen) atoms. The van der Waals surface area contributed by atoms with Gasteiger partial charge in [0, 0.05) is 75.4 Å². The van der Waals surface area contributed by atoms with Gasteiger partial charge in [-0.05, 0) is 202 Å². The number of fused-ring (bicyclic) bond motifs is 3. The van der Waals surface area contributed by atoms with E-state index >= 15 is 0 Å². The summed E-state index contributed by atoms with van der Waals surface area (Å²) in [6.45, 7) is 16.4. The van der Waals surface area contributed by atoms with Crippen LogP contribution in [-0.2, 0) is 70.3 Å². The van der Waals surface area contributed by atoms with Crippen molar-refractivity contribution in [1.82, 2.24) is 20.9 Å². The summed E-state index contributed by atoms with van der Waals surface area (Å²) in [6, 6.07) is 63.7. The first kappa shape index (κ1) is 84.2. The average molecular weight is 1700 g/mol. The number of rotatable bonds is 21. The number of hydrogen-bond acceptors (Lipinski definition) is 11. The molecule has 0 unspecified atom stereocenters. The first-order valence-electron chi connectivity index (χ1n) is 39.2. The number of aliphatic imine (C=N–C) groups is 4. The Morgan fingerprint density at radius 3 is 1.53 bits per heavy atom. The number of amidine groups is 4. The minimum Gasteiger partial charge on any atom is -0.543 e. The van der Waals surface area contributed by atoms with Crippen LogP contribution in [0.5, 0.6) is 11.5 Å². The van der Waals surface area contributed by atoms with Crippen molar-refractivity contribution >= 4 is 91.7 Å². The summed E-state index contributed by atoms with van der Waals surface area (Å²) < 4.78 is 143. The molecule has 0 atom stereocenters. The van der Waals surface area contributed by atoms with E-state index < -0.39 is 31.8 Å². The molecule has 0 saturated carbocycles. The van der Waals surface area contributed by atoms with E-state index in [2.05, 4.69) is 159 Å². The maximum Gasteiger partial charge on any atom is 0.416 e. The molecule has 0 saturated heterocycles. The largest absolute Gasteiger partial charge is 0.543 e. The molecule has 16 rings (SSSR count). The molecule has 5 heterocycles. The van der Waals surface area contributed by atoms with Crippen LogP contribution in [0, 0.1) is 17.5 Å². The van der Waals surface area contributed by atoms with Gasteiger partial charge in [-0.25, -0.2) is 13.2 Å². The number of benzene rings is 11. The van der Waals surface area contributed by atoms with Gasteiger partial charge in [0.25, 0.3) is 0 Å². The van der Waals surface area contributed by atoms with Gasteiger partial charge >= 0.3 is 12.4 Å². The maximum absolute atomic E-state index is 14.9. The lowest BCUT2D eigenvalue weighted by atomic mass is 9.95. The van der Waals surface area contributed by atoms with E-state index in [9.17, 15) is 39.5 Å². The third-order valence-electron chi connectivity index (χ3n) is 21.9. The van der Waals surface area contributed by atoms with E-state index in [1.165, 1.54) is 39.2 Å². The Labute approximate surface area is 690 Å². The molecule has 0 bridgehead atoms. The van der Waals surface area contributed by atoms with E-state index in [4.69, 9.17) is 25.2 Å². The minimum absolute atomic E-state index is 0.0981. The lowest BCUT2D eigenvalue weighted by Crippen LogP contribution is -2.44. The number of hydrogen-bond donors (Lipinski definition) is 3. The van der Waals surface area contributed by atoms with Crippen LogP contribution >= 0.6 is 27.5 Å². The quantitative estimate of drug-likeness (QED) is 0.0484. The molecular weight excluding hydrogens is 1600 g/mol. The fourth-order valence-corrected chi connectivity index (χ4v) is 16.7. The molecule has 11 aromatic carbocycles. The van der Waals surface area contributed by atoms with Crippen LogP contribution in [0.1, 0.15) is 104 Å². The predicted molar refractivity (Wildman–Crippen MR) is 459 cm³/mol. The van der Waals surface area contributed by atoms with Crippen LogP contribution in [0.15, 0.2) is 247 Å². The summed E-state index contributed by atoms with van der Waals surface area (Å²) in [5.41, 5.74) is 8.67. The Morgan fingerprint density at radius 2 is 0.957 bits per heavy atom. The zero-order valence-corrected chi connectivity index (χ0v) is 69.3. The zero-order chi connectivity index (χ0) is 82.6. The summed E-state index contributed by atoms with van der Waals surface area (Å²) >= 11 is 10.0. The Morgan fingerprint density at radius 1 is 0.462 bits per heavy atom. The molecule has 11 nitrogen and oxygen atoms in total. The third-order valence-corrected chi connectivity index (χ3v) is 27.1. The summed E-state index contributed by atoms with van der Waals surface area (Å²) in [7, 11) is -0.440. The van der Waals surface area contributed by atoms with Gasteiger partial charge in [0.1, 0.15) is 57.9 Å². The van der Waals surface area contributed by atoms with Crippen molar-refractivity contribution in [3.8, 4) is 11.5 Å². The van der Waals surface area contributed by atoms with Gasteiger partial charge in [0.15, 0.2) is 0 Å². The predicted octanol–water partition coefficient (Wildman–Crippen LogP) is 22.5. The van der Waals surface area contributed by atoms with Crippen molar-refractivity contribution in [1.29, 1.82) is 0 Å². The number of ether oxygens (including phenoxy) is 1. The Hall–Kier alpha value is -10.7. The number of aryl methyl sites for hydroxylation is 4. The van der Waals surface area contributed by atoms with Gasteiger partial charge in [-0.3, -0.25) is 20.0 Å². The summed E-state index contributed by atoms with van der Waals surface area (Å²) in [5.74, 6) is 4.03. The second-order valence-electron chi connectivity index (χ2n) is 30.5. The summed E-state index contributed by atoms with van der Waals surface area (Å²) in [4.78, 5) is 19.6. The first-order valence-corrected chi connectivity index (χ1v) is 43.3. The van der Waals surface area contributed by atoms with Crippen LogP contribution in [0.3, 0.4) is 0 Å². The van der Waals surface area contributed by atoms with Crippen LogP contribution in [0.25, 0.3) is 32.5 Å². The number of nitrogens with one attached hydrogen (secondary N) is 3. The van der Waals surface area contributed by atoms with Gasteiger partial charge in [-0.15, -0.1) is 0 Å². The van der Waals surface area contributed by atoms with E-state index in [1.54, 1.807) is 60.7 Å². The lowest BCUT2D eigenvalue weighted by molar-refractivity contribution is -0.143. The Balaban J connectivity index is 0.000000138. The minimum atomic E-state index is -4.95. The molecule has 1 aromatic heterocycles. The highest BCUT2D eigenvalue weighted by Crippen LogP contribution is 2.42. The van der Waals surface area contributed by atoms with Crippen LogP contribution < -0.4 is 25.1 Å². The SMILES string of the molecule is CC(C)(C)[Si](C)(C)Oc1ccc2ccccc2c1CCc1c(F)cccc1C1=NCCN1.COc1ccc(Br)cc1CCc1c(Cl)cccc1C1=NCCN1Cc1ccc(C(F)(F)F)cc1C(F)(F)F.Fc1cccc(C2=NCCN2)c1CCc1cccc2ccccc12.Fc1cccc(C2=NCCN2)c1CCc1cccc2ccoc12. The van der Waals surface area contributed by atoms with Crippen molar-refractivity contribution < 1.29 is 53.1 Å². The smallest absolute Gasteiger partial charge is 0.416 e. The monoisotopic (exact) mass is 1690 g/mol. The number of methoxy groups -OCH3 is 1. The van der Waals surface area contributed by atoms with Gasteiger partial charge in [0.2, 0.25) is 8.32 Å². The van der Waals surface area contributed by atoms with Crippen molar-refractivity contribution in [2.75, 3.05) is 59.5 Å². The molecule has 0 aliphatic carbocycles. The molecule has 3 N–H and O–H groups in total. The Kier molecular flexibility index (Phi) is 26.8. The molecule has 4 aliphatic rings. The van der Waals surface area contributed by atoms with Crippen molar-refractivity contribution in [2.45, 2.75) is 109 Å². The number of halogens is 11. The highest BCUT2D eigenvalue weighted by Gasteiger charge is 2.41. The first-order chi connectivity index (χ1) is 56.2. The van der Waals surface area contributed by atoms with Crippen molar-refractivity contribution in [2.24, 2.45) is 20.0 Å². The third kappa shape index (κ3) is 20.3. The zero-order valence-electron chi connectivity index (χ0n) is 65.9. The van der Waals surface area contributed by atoms with Gasteiger partial charge in [0.05, 0.1) is 50.7 Å². The average Bonchev–Trinajstić information content (AvgIpc) is 1.75. The topological polar surface area (TPSA) is 120 Å². The molecule has 0 amide bonds. The number of para-hydroxylation sites is 1. The molecule has 23 heteroatoms. The highest BCUT2D eigenvalue weighted by atomic mass is 79.9. The molecule has 606 valence electrons. The summed E-state index contributed by atoms with van der Waals surface area (Å²) in [6.07, 6.45) is -2.96. The van der Waals surface area contributed by atoms with E-state index in [0.29, 0.717) is 91.0 Å². The van der Waals surface area contributed by atoms with Crippen LogP contribution in [-0.4, -0.2) is 96.0 Å². The number of furan rings is 1. The fraction of sp³-hybridized carbons (Fsp3) is 0.277. The molecule has 0 radical (unpaired) electrons. The highest BCUT2D eigenvalue weighted by molar-refractivity contribution is 9.10. The number of alkyl halides is 6.